The van der Waals surface area contributed by atoms with Gasteiger partial charge < -0.3 is 0 Å². The van der Waals surface area contributed by atoms with Gasteiger partial charge in [-0.3, -0.25) is 0 Å². The third kappa shape index (κ3) is 1.21. The number of halogens is 4. The highest BCUT2D eigenvalue weighted by Crippen LogP contribution is 2.50. The summed E-state index contributed by atoms with van der Waals surface area (Å²) >= 11 is 0. The van der Waals surface area contributed by atoms with Gasteiger partial charge in [0, 0.05) is 23.0 Å². The Balaban J connectivity index is 2.40. The van der Waals surface area contributed by atoms with Crippen molar-refractivity contribution in [3.05, 3.63) is 57.7 Å². The van der Waals surface area contributed by atoms with E-state index in [1.165, 1.54) is 0 Å². The zero-order valence-corrected chi connectivity index (χ0v) is 9.82. The van der Waals surface area contributed by atoms with Crippen LogP contribution in [0.3, 0.4) is 0 Å². The van der Waals surface area contributed by atoms with Crippen molar-refractivity contribution in [2.24, 2.45) is 0 Å². The SMILES string of the molecule is CC1=CC2C(C)=CC1c1c(F)c(F)c(F)c(F)c12. The molecule has 0 heterocycles. The number of allylic oxidation sites excluding steroid dienone is 4. The summed E-state index contributed by atoms with van der Waals surface area (Å²) in [4.78, 5) is 0. The topological polar surface area (TPSA) is 0 Å². The molecule has 0 N–H and O–H groups in total. The van der Waals surface area contributed by atoms with Gasteiger partial charge in [0.25, 0.3) is 0 Å². The molecule has 0 aliphatic heterocycles. The quantitative estimate of drug-likeness (QED) is 0.280. The first kappa shape index (κ1) is 11.5. The van der Waals surface area contributed by atoms with E-state index in [2.05, 4.69) is 0 Å². The van der Waals surface area contributed by atoms with Crippen molar-refractivity contribution >= 4 is 0 Å². The molecule has 0 radical (unpaired) electrons. The highest BCUT2D eigenvalue weighted by Gasteiger charge is 2.39. The molecular weight excluding hydrogens is 244 g/mol. The molecule has 2 unspecified atom stereocenters. The van der Waals surface area contributed by atoms with Crippen LogP contribution in [0.4, 0.5) is 17.6 Å². The lowest BCUT2D eigenvalue weighted by Gasteiger charge is -2.35. The van der Waals surface area contributed by atoms with Crippen LogP contribution in [0, 0.1) is 23.3 Å². The van der Waals surface area contributed by atoms with Gasteiger partial charge in [-0.2, -0.15) is 0 Å². The fourth-order valence-corrected chi connectivity index (χ4v) is 2.89. The molecule has 94 valence electrons. The van der Waals surface area contributed by atoms with E-state index < -0.39 is 35.1 Å². The second-order valence-corrected chi connectivity index (χ2v) is 4.86. The standard InChI is InChI=1S/C14H10F4/c1-5-3-8-6(2)4-7(5)9-10(8)12(16)14(18)13(17)11(9)15/h3-4,7-8H,1-2H3. The molecule has 3 aliphatic rings. The van der Waals surface area contributed by atoms with Crippen molar-refractivity contribution in [1.82, 2.24) is 0 Å². The van der Waals surface area contributed by atoms with Gasteiger partial charge >= 0.3 is 0 Å². The first-order valence-electron chi connectivity index (χ1n) is 5.65. The van der Waals surface area contributed by atoms with E-state index in [0.717, 1.165) is 11.1 Å². The Hall–Kier alpha value is -1.58. The van der Waals surface area contributed by atoms with Gasteiger partial charge in [-0.15, -0.1) is 0 Å². The fourth-order valence-electron chi connectivity index (χ4n) is 2.89. The Kier molecular flexibility index (Phi) is 2.22. The monoisotopic (exact) mass is 254 g/mol. The van der Waals surface area contributed by atoms with Gasteiger partial charge in [-0.05, 0) is 13.8 Å². The number of rotatable bonds is 0. The average molecular weight is 254 g/mol. The van der Waals surface area contributed by atoms with Crippen molar-refractivity contribution in [2.45, 2.75) is 25.7 Å². The number of hydrogen-bond donors (Lipinski definition) is 0. The minimum atomic E-state index is -1.72. The zero-order valence-electron chi connectivity index (χ0n) is 9.82. The van der Waals surface area contributed by atoms with Crippen molar-refractivity contribution < 1.29 is 17.6 Å². The van der Waals surface area contributed by atoms with Crippen molar-refractivity contribution in [3.63, 3.8) is 0 Å². The molecule has 0 fully saturated rings. The molecule has 0 aromatic heterocycles. The molecule has 0 spiro atoms. The van der Waals surface area contributed by atoms with Crippen LogP contribution in [0.15, 0.2) is 23.3 Å². The van der Waals surface area contributed by atoms with E-state index in [-0.39, 0.29) is 11.1 Å². The zero-order chi connectivity index (χ0) is 13.2. The molecule has 0 saturated carbocycles. The highest BCUT2D eigenvalue weighted by atomic mass is 19.2. The maximum atomic E-state index is 13.8. The largest absolute Gasteiger partial charge is 0.203 e. The number of benzene rings is 1. The van der Waals surface area contributed by atoms with E-state index in [1.54, 1.807) is 26.0 Å². The third-order valence-electron chi connectivity index (χ3n) is 3.80. The third-order valence-corrected chi connectivity index (χ3v) is 3.80. The van der Waals surface area contributed by atoms with Gasteiger partial charge in [-0.25, -0.2) is 17.6 Å². The summed E-state index contributed by atoms with van der Waals surface area (Å²) in [7, 11) is 0. The maximum Gasteiger partial charge on any atom is 0.197 e. The van der Waals surface area contributed by atoms with E-state index >= 15 is 0 Å². The minimum absolute atomic E-state index is 0.0537. The van der Waals surface area contributed by atoms with E-state index in [1.807, 2.05) is 0 Å². The van der Waals surface area contributed by atoms with Crippen LogP contribution in [0.5, 0.6) is 0 Å². The summed E-state index contributed by atoms with van der Waals surface area (Å²) in [6.07, 6.45) is 3.56. The normalized spacial score (nSPS) is 24.8. The van der Waals surface area contributed by atoms with Crippen LogP contribution in [0.25, 0.3) is 0 Å². The minimum Gasteiger partial charge on any atom is -0.203 e. The molecule has 0 nitrogen and oxygen atoms in total. The predicted molar refractivity (Wildman–Crippen MR) is 59.3 cm³/mol. The Labute approximate surface area is 102 Å². The fraction of sp³-hybridized carbons (Fsp3) is 0.286. The lowest BCUT2D eigenvalue weighted by molar-refractivity contribution is 0.393. The molecular formula is C14H10F4. The molecule has 3 aliphatic carbocycles. The van der Waals surface area contributed by atoms with Crippen molar-refractivity contribution in [1.29, 1.82) is 0 Å². The average Bonchev–Trinajstić information content (AvgIpc) is 2.34. The predicted octanol–water partition coefficient (Wildman–Crippen LogP) is 4.33. The highest BCUT2D eigenvalue weighted by molar-refractivity contribution is 5.57. The van der Waals surface area contributed by atoms with Crippen LogP contribution < -0.4 is 0 Å². The Bertz CT molecular complexity index is 570. The first-order chi connectivity index (χ1) is 8.43. The van der Waals surface area contributed by atoms with Gasteiger partial charge in [-0.1, -0.05) is 23.3 Å². The van der Waals surface area contributed by atoms with E-state index in [9.17, 15) is 17.6 Å². The first-order valence-corrected chi connectivity index (χ1v) is 5.65. The molecule has 0 saturated heterocycles. The van der Waals surface area contributed by atoms with E-state index in [0.29, 0.717) is 0 Å². The summed E-state index contributed by atoms with van der Waals surface area (Å²) in [6.45, 7) is 3.56. The van der Waals surface area contributed by atoms with Gasteiger partial charge in [0.1, 0.15) is 0 Å². The summed E-state index contributed by atoms with van der Waals surface area (Å²) < 4.78 is 54.3. The molecule has 1 aromatic carbocycles. The smallest absolute Gasteiger partial charge is 0.197 e. The molecule has 2 atom stereocenters. The van der Waals surface area contributed by atoms with Crippen LogP contribution in [0.1, 0.15) is 36.8 Å². The summed E-state index contributed by atoms with van der Waals surface area (Å²) in [5, 5.41) is 0. The molecule has 4 heteroatoms. The summed E-state index contributed by atoms with van der Waals surface area (Å²) in [5.41, 5.74) is 1.56. The maximum absolute atomic E-state index is 13.8. The van der Waals surface area contributed by atoms with Crippen LogP contribution in [0.2, 0.25) is 0 Å². The van der Waals surface area contributed by atoms with Crippen molar-refractivity contribution in [3.8, 4) is 0 Å². The molecule has 1 aromatic rings. The van der Waals surface area contributed by atoms with Crippen LogP contribution in [-0.4, -0.2) is 0 Å². The van der Waals surface area contributed by atoms with Gasteiger partial charge in [0.15, 0.2) is 23.3 Å². The molecule has 18 heavy (non-hydrogen) atoms. The summed E-state index contributed by atoms with van der Waals surface area (Å²) in [5.74, 6) is -6.97. The van der Waals surface area contributed by atoms with Gasteiger partial charge in [0.2, 0.25) is 0 Å². The van der Waals surface area contributed by atoms with Gasteiger partial charge in [0.05, 0.1) is 0 Å². The molecule has 0 amide bonds. The van der Waals surface area contributed by atoms with E-state index in [4.69, 9.17) is 0 Å². The van der Waals surface area contributed by atoms with Crippen molar-refractivity contribution in [2.75, 3.05) is 0 Å². The second-order valence-electron chi connectivity index (χ2n) is 4.86. The lowest BCUT2D eigenvalue weighted by Crippen LogP contribution is -2.24. The Morgan fingerprint density at radius 3 is 1.33 bits per heavy atom. The summed E-state index contributed by atoms with van der Waals surface area (Å²) in [6, 6.07) is 0. The van der Waals surface area contributed by atoms with Crippen LogP contribution >= 0.6 is 0 Å². The Morgan fingerprint density at radius 1 is 0.667 bits per heavy atom. The lowest BCUT2D eigenvalue weighted by atomic mass is 9.69. The van der Waals surface area contributed by atoms with Crippen LogP contribution in [-0.2, 0) is 0 Å². The number of hydrogen-bond acceptors (Lipinski definition) is 0. The Morgan fingerprint density at radius 2 is 1.00 bits per heavy atom. The second kappa shape index (κ2) is 3.46. The molecule has 2 bridgehead atoms. The molecule has 4 rings (SSSR count).